The molecule has 1 aliphatic rings. The third-order valence-electron chi connectivity index (χ3n) is 4.67. The number of methoxy groups -OCH3 is 1. The van der Waals surface area contributed by atoms with Gasteiger partial charge in [0.2, 0.25) is 0 Å². The summed E-state index contributed by atoms with van der Waals surface area (Å²) in [5.41, 5.74) is 1.43. The van der Waals surface area contributed by atoms with Crippen LogP contribution < -0.4 is 10.1 Å². The Balaban J connectivity index is 1.65. The van der Waals surface area contributed by atoms with E-state index in [1.807, 2.05) is 18.3 Å². The molecule has 0 spiro atoms. The molecule has 0 radical (unpaired) electrons. The smallest absolute Gasteiger partial charge is 0.311 e. The molecule has 4 rings (SSSR count). The van der Waals surface area contributed by atoms with Crippen LogP contribution in [0.5, 0.6) is 5.75 Å². The molecule has 1 saturated carbocycles. The molecule has 1 N–H and O–H groups in total. The van der Waals surface area contributed by atoms with Crippen molar-refractivity contribution in [3.05, 3.63) is 36.7 Å². The molecular weight excluding hydrogens is 320 g/mol. The predicted octanol–water partition coefficient (Wildman–Crippen LogP) is 3.79. The number of fused-ring (bicyclic) bond motifs is 1. The maximum atomic E-state index is 12.2. The van der Waals surface area contributed by atoms with Gasteiger partial charge >= 0.3 is 5.91 Å². The van der Waals surface area contributed by atoms with Gasteiger partial charge in [-0.1, -0.05) is 19.3 Å². The van der Waals surface area contributed by atoms with E-state index in [1.165, 1.54) is 44.6 Å². The zero-order chi connectivity index (χ0) is 17.2. The van der Waals surface area contributed by atoms with Crippen molar-refractivity contribution in [2.24, 2.45) is 0 Å². The number of hydrogen-bond acceptors (Lipinski definition) is 5. The van der Waals surface area contributed by atoms with Gasteiger partial charge in [0.25, 0.3) is 5.89 Å². The summed E-state index contributed by atoms with van der Waals surface area (Å²) in [6.07, 6.45) is 11.0. The number of ether oxygens (including phenoxy) is 1. The number of nitrogens with one attached hydrogen (secondary N) is 1. The van der Waals surface area contributed by atoms with Gasteiger partial charge in [0, 0.05) is 17.6 Å². The van der Waals surface area contributed by atoms with Crippen molar-refractivity contribution >= 4 is 22.5 Å². The molecule has 25 heavy (non-hydrogen) atoms. The number of amides is 1. The second-order valence-electron chi connectivity index (χ2n) is 6.30. The zero-order valence-corrected chi connectivity index (χ0v) is 14.1. The SMILES string of the molecule is COc1cc2nn(C3CCCCC3)cc2cc1NC(=O)c1ncco1. The van der Waals surface area contributed by atoms with E-state index in [2.05, 4.69) is 15.0 Å². The van der Waals surface area contributed by atoms with E-state index in [9.17, 15) is 4.79 Å². The highest BCUT2D eigenvalue weighted by Crippen LogP contribution is 2.33. The first-order valence-electron chi connectivity index (χ1n) is 8.52. The summed E-state index contributed by atoms with van der Waals surface area (Å²) in [6, 6.07) is 4.18. The molecule has 1 amide bonds. The molecule has 0 unspecified atom stereocenters. The number of oxazole rings is 1. The lowest BCUT2D eigenvalue weighted by atomic mass is 9.96. The van der Waals surface area contributed by atoms with Crippen molar-refractivity contribution in [3.63, 3.8) is 0 Å². The molecule has 0 bridgehead atoms. The second kappa shape index (κ2) is 6.58. The number of aromatic nitrogens is 3. The highest BCUT2D eigenvalue weighted by Gasteiger charge is 2.19. The molecule has 1 aliphatic carbocycles. The van der Waals surface area contributed by atoms with Crippen molar-refractivity contribution in [2.75, 3.05) is 12.4 Å². The Kier molecular flexibility index (Phi) is 4.13. The van der Waals surface area contributed by atoms with Gasteiger partial charge in [-0.25, -0.2) is 4.98 Å². The molecule has 0 atom stereocenters. The third kappa shape index (κ3) is 3.09. The van der Waals surface area contributed by atoms with Crippen LogP contribution in [-0.4, -0.2) is 27.8 Å². The van der Waals surface area contributed by atoms with Gasteiger partial charge in [0.05, 0.1) is 30.6 Å². The van der Waals surface area contributed by atoms with E-state index >= 15 is 0 Å². The standard InChI is InChI=1S/C18H20N4O3/c1-24-16-10-14-12(11-22(21-14)13-5-3-2-4-6-13)9-15(16)20-17(23)18-19-7-8-25-18/h7-11,13H,2-6H2,1H3,(H,20,23). The first kappa shape index (κ1) is 15.7. The van der Waals surface area contributed by atoms with Gasteiger partial charge < -0.3 is 14.5 Å². The Labute approximate surface area is 145 Å². The molecule has 1 fully saturated rings. The highest BCUT2D eigenvalue weighted by atomic mass is 16.5. The number of rotatable bonds is 4. The van der Waals surface area contributed by atoms with Crippen LogP contribution in [0.3, 0.4) is 0 Å². The number of carbonyl (C=O) groups excluding carboxylic acids is 1. The van der Waals surface area contributed by atoms with Crippen LogP contribution >= 0.6 is 0 Å². The first-order valence-corrected chi connectivity index (χ1v) is 8.52. The molecular formula is C18H20N4O3. The lowest BCUT2D eigenvalue weighted by Gasteiger charge is -2.21. The largest absolute Gasteiger partial charge is 0.494 e. The van der Waals surface area contributed by atoms with Crippen molar-refractivity contribution in [2.45, 2.75) is 38.1 Å². The van der Waals surface area contributed by atoms with Gasteiger partial charge in [0.1, 0.15) is 12.0 Å². The van der Waals surface area contributed by atoms with E-state index in [0.29, 0.717) is 17.5 Å². The van der Waals surface area contributed by atoms with Crippen molar-refractivity contribution in [3.8, 4) is 5.75 Å². The quantitative estimate of drug-likeness (QED) is 0.781. The Morgan fingerprint density at radius 1 is 1.32 bits per heavy atom. The van der Waals surface area contributed by atoms with Crippen LogP contribution in [0.4, 0.5) is 5.69 Å². The van der Waals surface area contributed by atoms with E-state index in [0.717, 1.165) is 10.9 Å². The summed E-state index contributed by atoms with van der Waals surface area (Å²) >= 11 is 0. The zero-order valence-electron chi connectivity index (χ0n) is 14.1. The van der Waals surface area contributed by atoms with Gasteiger partial charge in [-0.3, -0.25) is 9.48 Å². The molecule has 0 aliphatic heterocycles. The normalized spacial score (nSPS) is 15.4. The summed E-state index contributed by atoms with van der Waals surface area (Å²) in [5.74, 6) is 0.156. The monoisotopic (exact) mass is 340 g/mol. The van der Waals surface area contributed by atoms with E-state index in [-0.39, 0.29) is 5.89 Å². The van der Waals surface area contributed by atoms with Crippen molar-refractivity contribution in [1.82, 2.24) is 14.8 Å². The fourth-order valence-corrected chi connectivity index (χ4v) is 3.38. The fourth-order valence-electron chi connectivity index (χ4n) is 3.38. The average molecular weight is 340 g/mol. The Morgan fingerprint density at radius 3 is 2.88 bits per heavy atom. The lowest BCUT2D eigenvalue weighted by molar-refractivity contribution is 0.0990. The summed E-state index contributed by atoms with van der Waals surface area (Å²) in [7, 11) is 1.57. The summed E-state index contributed by atoms with van der Waals surface area (Å²) in [5, 5.41) is 8.46. The van der Waals surface area contributed by atoms with Crippen LogP contribution in [0.25, 0.3) is 10.9 Å². The molecule has 130 valence electrons. The van der Waals surface area contributed by atoms with E-state index in [1.54, 1.807) is 7.11 Å². The Morgan fingerprint density at radius 2 is 2.16 bits per heavy atom. The number of anilines is 1. The van der Waals surface area contributed by atoms with Crippen molar-refractivity contribution in [1.29, 1.82) is 0 Å². The van der Waals surface area contributed by atoms with Gasteiger partial charge in [-0.15, -0.1) is 0 Å². The molecule has 2 heterocycles. The Bertz CT molecular complexity index is 879. The second-order valence-corrected chi connectivity index (χ2v) is 6.30. The minimum Gasteiger partial charge on any atom is -0.494 e. The minimum absolute atomic E-state index is 0.0139. The van der Waals surface area contributed by atoms with Crippen molar-refractivity contribution < 1.29 is 13.9 Å². The van der Waals surface area contributed by atoms with Crippen LogP contribution in [0.15, 0.2) is 35.2 Å². The summed E-state index contributed by atoms with van der Waals surface area (Å²) < 4.78 is 12.5. The van der Waals surface area contributed by atoms with Crippen LogP contribution in [-0.2, 0) is 0 Å². The Hall–Kier alpha value is -2.83. The summed E-state index contributed by atoms with van der Waals surface area (Å²) in [4.78, 5) is 16.0. The number of benzene rings is 1. The third-order valence-corrected chi connectivity index (χ3v) is 4.67. The van der Waals surface area contributed by atoms with Crippen LogP contribution in [0.1, 0.15) is 48.8 Å². The number of carbonyl (C=O) groups is 1. The van der Waals surface area contributed by atoms with Gasteiger partial charge in [-0.05, 0) is 18.9 Å². The van der Waals surface area contributed by atoms with E-state index < -0.39 is 5.91 Å². The molecule has 3 aromatic rings. The predicted molar refractivity (Wildman–Crippen MR) is 92.9 cm³/mol. The van der Waals surface area contributed by atoms with Gasteiger partial charge in [0.15, 0.2) is 0 Å². The lowest BCUT2D eigenvalue weighted by Crippen LogP contribution is -2.12. The maximum absolute atomic E-state index is 12.2. The topological polar surface area (TPSA) is 82.2 Å². The molecule has 1 aromatic carbocycles. The molecule has 7 heteroatoms. The maximum Gasteiger partial charge on any atom is 0.311 e. The molecule has 7 nitrogen and oxygen atoms in total. The first-order chi connectivity index (χ1) is 12.2. The van der Waals surface area contributed by atoms with E-state index in [4.69, 9.17) is 14.3 Å². The van der Waals surface area contributed by atoms with Crippen LogP contribution in [0, 0.1) is 0 Å². The fraction of sp³-hybridized carbons (Fsp3) is 0.389. The van der Waals surface area contributed by atoms with Crippen LogP contribution in [0.2, 0.25) is 0 Å². The van der Waals surface area contributed by atoms with Gasteiger partial charge in [-0.2, -0.15) is 5.10 Å². The number of hydrogen-bond donors (Lipinski definition) is 1. The molecule has 0 saturated heterocycles. The highest BCUT2D eigenvalue weighted by molar-refractivity contribution is 6.03. The summed E-state index contributed by atoms with van der Waals surface area (Å²) in [6.45, 7) is 0. The molecule has 2 aromatic heterocycles. The number of nitrogens with zero attached hydrogens (tertiary/aromatic N) is 3. The average Bonchev–Trinajstić information content (AvgIpc) is 3.31. The minimum atomic E-state index is -0.415.